The molecule has 0 aliphatic carbocycles. The van der Waals surface area contributed by atoms with Crippen molar-refractivity contribution in [3.05, 3.63) is 50.4 Å². The van der Waals surface area contributed by atoms with Crippen molar-refractivity contribution in [3.8, 4) is 5.75 Å². The molecule has 0 saturated carbocycles. The molecule has 0 bridgehead atoms. The summed E-state index contributed by atoms with van der Waals surface area (Å²) < 4.78 is 0. The van der Waals surface area contributed by atoms with Crippen molar-refractivity contribution in [2.75, 3.05) is 6.54 Å². The lowest BCUT2D eigenvalue weighted by molar-refractivity contribution is -0.385. The molecule has 1 rings (SSSR count). The SMILES string of the molecule is [N-]=[N+]=NCCC=Cc1cccc([N+](=O)[O-])c1O. The molecule has 0 aromatic heterocycles. The van der Waals surface area contributed by atoms with Crippen LogP contribution in [0.4, 0.5) is 5.69 Å². The van der Waals surface area contributed by atoms with E-state index in [9.17, 15) is 15.2 Å². The summed E-state index contributed by atoms with van der Waals surface area (Å²) in [6.45, 7) is 0.308. The summed E-state index contributed by atoms with van der Waals surface area (Å²) in [6, 6.07) is 4.28. The van der Waals surface area contributed by atoms with Crippen LogP contribution >= 0.6 is 0 Å². The highest BCUT2D eigenvalue weighted by atomic mass is 16.6. The Morgan fingerprint density at radius 1 is 1.59 bits per heavy atom. The number of hydrogen-bond acceptors (Lipinski definition) is 4. The van der Waals surface area contributed by atoms with Crippen LogP contribution in [-0.4, -0.2) is 16.6 Å². The lowest BCUT2D eigenvalue weighted by Gasteiger charge is -1.99. The number of nitro groups is 1. The molecule has 0 saturated heterocycles. The number of hydrogen-bond donors (Lipinski definition) is 1. The predicted octanol–water partition coefficient (Wildman–Crippen LogP) is 3.01. The van der Waals surface area contributed by atoms with Crippen molar-refractivity contribution in [3.63, 3.8) is 0 Å². The molecule has 88 valence electrons. The number of aromatic hydroxyl groups is 1. The van der Waals surface area contributed by atoms with Crippen LogP contribution in [0.2, 0.25) is 0 Å². The van der Waals surface area contributed by atoms with Gasteiger partial charge in [-0.05, 0) is 12.0 Å². The number of benzene rings is 1. The van der Waals surface area contributed by atoms with Crippen LogP contribution in [0, 0.1) is 10.1 Å². The van der Waals surface area contributed by atoms with Gasteiger partial charge in [0.2, 0.25) is 5.75 Å². The summed E-state index contributed by atoms with van der Waals surface area (Å²) in [5.41, 5.74) is 8.07. The van der Waals surface area contributed by atoms with E-state index in [1.165, 1.54) is 12.1 Å². The van der Waals surface area contributed by atoms with Gasteiger partial charge in [0.15, 0.2) is 0 Å². The smallest absolute Gasteiger partial charge is 0.311 e. The second-order valence-corrected chi connectivity index (χ2v) is 3.12. The minimum Gasteiger partial charge on any atom is -0.502 e. The third-order valence-corrected chi connectivity index (χ3v) is 2.00. The molecule has 0 atom stereocenters. The van der Waals surface area contributed by atoms with Crippen molar-refractivity contribution in [2.24, 2.45) is 5.11 Å². The van der Waals surface area contributed by atoms with Gasteiger partial charge in [0.25, 0.3) is 0 Å². The summed E-state index contributed by atoms with van der Waals surface area (Å²) >= 11 is 0. The summed E-state index contributed by atoms with van der Waals surface area (Å²) in [7, 11) is 0. The van der Waals surface area contributed by atoms with E-state index in [4.69, 9.17) is 5.53 Å². The van der Waals surface area contributed by atoms with Gasteiger partial charge in [-0.2, -0.15) is 0 Å². The fraction of sp³-hybridized carbons (Fsp3) is 0.200. The number of phenolic OH excluding ortho intramolecular Hbond substituents is 1. The van der Waals surface area contributed by atoms with Crippen molar-refractivity contribution in [1.82, 2.24) is 0 Å². The van der Waals surface area contributed by atoms with Gasteiger partial charge >= 0.3 is 5.69 Å². The number of para-hydroxylation sites is 1. The lowest BCUT2D eigenvalue weighted by atomic mass is 10.1. The van der Waals surface area contributed by atoms with Crippen molar-refractivity contribution < 1.29 is 10.0 Å². The molecule has 1 aromatic rings. The van der Waals surface area contributed by atoms with Gasteiger partial charge in [-0.15, -0.1) is 0 Å². The van der Waals surface area contributed by atoms with E-state index in [0.717, 1.165) is 0 Å². The first kappa shape index (κ1) is 12.5. The number of nitro benzene ring substituents is 1. The summed E-state index contributed by atoms with van der Waals surface area (Å²) in [5, 5.41) is 23.5. The molecule has 0 spiro atoms. The maximum Gasteiger partial charge on any atom is 0.311 e. The zero-order valence-corrected chi connectivity index (χ0v) is 8.85. The molecule has 1 N–H and O–H groups in total. The largest absolute Gasteiger partial charge is 0.502 e. The molecule has 0 radical (unpaired) electrons. The minimum absolute atomic E-state index is 0.308. The Morgan fingerprint density at radius 2 is 2.35 bits per heavy atom. The van der Waals surface area contributed by atoms with Crippen molar-refractivity contribution in [2.45, 2.75) is 6.42 Å². The fourth-order valence-electron chi connectivity index (χ4n) is 1.22. The van der Waals surface area contributed by atoms with E-state index >= 15 is 0 Å². The number of rotatable bonds is 5. The zero-order valence-electron chi connectivity index (χ0n) is 8.85. The molecule has 17 heavy (non-hydrogen) atoms. The summed E-state index contributed by atoms with van der Waals surface area (Å²) in [4.78, 5) is 12.5. The molecule has 0 heterocycles. The van der Waals surface area contributed by atoms with Gasteiger partial charge in [-0.25, -0.2) is 0 Å². The zero-order chi connectivity index (χ0) is 12.7. The van der Waals surface area contributed by atoms with Crippen molar-refractivity contribution >= 4 is 11.8 Å². The highest BCUT2D eigenvalue weighted by Gasteiger charge is 2.14. The normalized spacial score (nSPS) is 10.1. The molecule has 1 aromatic carbocycles. The molecular weight excluding hydrogens is 224 g/mol. The average molecular weight is 234 g/mol. The number of phenols is 1. The average Bonchev–Trinajstić information content (AvgIpc) is 2.30. The molecule has 0 unspecified atom stereocenters. The summed E-state index contributed by atoms with van der Waals surface area (Å²) in [6.07, 6.45) is 3.73. The van der Waals surface area contributed by atoms with E-state index in [2.05, 4.69) is 10.0 Å². The highest BCUT2D eigenvalue weighted by molar-refractivity contribution is 5.63. The van der Waals surface area contributed by atoms with Crippen LogP contribution in [-0.2, 0) is 0 Å². The molecule has 0 fully saturated rings. The second-order valence-electron chi connectivity index (χ2n) is 3.12. The van der Waals surface area contributed by atoms with Crippen LogP contribution in [0.15, 0.2) is 29.4 Å². The van der Waals surface area contributed by atoms with Gasteiger partial charge in [-0.1, -0.05) is 29.4 Å². The van der Waals surface area contributed by atoms with Gasteiger partial charge < -0.3 is 5.11 Å². The Kier molecular flexibility index (Phi) is 4.53. The topological polar surface area (TPSA) is 112 Å². The van der Waals surface area contributed by atoms with Crippen molar-refractivity contribution in [1.29, 1.82) is 0 Å². The molecule has 0 aliphatic rings. The first-order valence-corrected chi connectivity index (χ1v) is 4.80. The second kappa shape index (κ2) is 6.14. The lowest BCUT2D eigenvalue weighted by Crippen LogP contribution is -1.89. The van der Waals surface area contributed by atoms with Crippen LogP contribution in [0.5, 0.6) is 5.75 Å². The van der Waals surface area contributed by atoms with Gasteiger partial charge in [-0.3, -0.25) is 10.1 Å². The minimum atomic E-state index is -0.646. The Morgan fingerprint density at radius 3 is 3.00 bits per heavy atom. The standard InChI is InChI=1S/C10H10N4O3/c11-13-12-7-2-1-4-8-5-3-6-9(10(8)15)14(16)17/h1,3-6,15H,2,7H2. The van der Waals surface area contributed by atoms with Crippen LogP contribution in [0.25, 0.3) is 16.5 Å². The van der Waals surface area contributed by atoms with Crippen LogP contribution < -0.4 is 0 Å². The van der Waals surface area contributed by atoms with Gasteiger partial charge in [0.05, 0.1) is 4.92 Å². The highest BCUT2D eigenvalue weighted by Crippen LogP contribution is 2.29. The first-order valence-electron chi connectivity index (χ1n) is 4.80. The summed E-state index contributed by atoms with van der Waals surface area (Å²) in [5.74, 6) is -0.363. The molecule has 0 aliphatic heterocycles. The third kappa shape index (κ3) is 3.51. The maximum atomic E-state index is 10.6. The van der Waals surface area contributed by atoms with E-state index < -0.39 is 4.92 Å². The quantitative estimate of drug-likeness (QED) is 0.211. The van der Waals surface area contributed by atoms with Crippen LogP contribution in [0.1, 0.15) is 12.0 Å². The van der Waals surface area contributed by atoms with E-state index in [1.54, 1.807) is 18.2 Å². The molecule has 0 amide bonds. The van der Waals surface area contributed by atoms with Crippen LogP contribution in [0.3, 0.4) is 0 Å². The Bertz CT molecular complexity index is 492. The number of azide groups is 1. The Balaban J connectivity index is 2.81. The molecular formula is C10H10N4O3. The van der Waals surface area contributed by atoms with Gasteiger partial charge in [0.1, 0.15) is 0 Å². The Hall–Kier alpha value is -2.53. The monoisotopic (exact) mass is 234 g/mol. The maximum absolute atomic E-state index is 10.6. The van der Waals surface area contributed by atoms with E-state index in [-0.39, 0.29) is 11.4 Å². The molecule has 7 heteroatoms. The predicted molar refractivity (Wildman–Crippen MR) is 62.4 cm³/mol. The fourth-order valence-corrected chi connectivity index (χ4v) is 1.22. The Labute approximate surface area is 96.8 Å². The third-order valence-electron chi connectivity index (χ3n) is 2.00. The number of nitrogens with zero attached hydrogens (tertiary/aromatic N) is 4. The van der Waals surface area contributed by atoms with E-state index in [0.29, 0.717) is 18.5 Å². The van der Waals surface area contributed by atoms with E-state index in [1.807, 2.05) is 0 Å². The first-order chi connectivity index (χ1) is 8.16. The van der Waals surface area contributed by atoms with Gasteiger partial charge in [0, 0.05) is 23.1 Å². The molecule has 7 nitrogen and oxygen atoms in total.